The maximum Gasteiger partial charge on any atom is 0.221 e. The van der Waals surface area contributed by atoms with Gasteiger partial charge >= 0.3 is 0 Å². The van der Waals surface area contributed by atoms with Gasteiger partial charge in [-0.05, 0) is 26.7 Å². The Bertz CT molecular complexity index is 387. The minimum absolute atomic E-state index is 0.154. The molecule has 0 radical (unpaired) electrons. The number of thiazole rings is 1. The number of aryl methyl sites for hydroxylation is 1. The number of nitrogens with zero attached hydrogens (tertiary/aromatic N) is 1. The van der Waals surface area contributed by atoms with Gasteiger partial charge in [0, 0.05) is 30.4 Å². The highest BCUT2D eigenvalue weighted by molar-refractivity contribution is 7.09. The fraction of sp³-hybridized carbons (Fsp3) is 0.667. The molecule has 0 spiro atoms. The van der Waals surface area contributed by atoms with E-state index in [0.717, 1.165) is 23.5 Å². The molecule has 94 valence electrons. The molecule has 1 unspecified atom stereocenters. The number of nitrogens with one attached hydrogen (secondary N) is 2. The Balaban J connectivity index is 1.65. The summed E-state index contributed by atoms with van der Waals surface area (Å²) in [6.07, 6.45) is 2.84. The van der Waals surface area contributed by atoms with Crippen LogP contribution in [0.4, 0.5) is 0 Å². The molecule has 1 aromatic heterocycles. The Hall–Kier alpha value is -0.940. The molecule has 1 saturated carbocycles. The van der Waals surface area contributed by atoms with E-state index in [1.54, 1.807) is 11.3 Å². The summed E-state index contributed by atoms with van der Waals surface area (Å²) in [5.74, 6) is 0.154. The number of carbonyl (C=O) groups is 1. The topological polar surface area (TPSA) is 54.0 Å². The number of amides is 1. The van der Waals surface area contributed by atoms with Crippen molar-refractivity contribution < 1.29 is 4.79 Å². The van der Waals surface area contributed by atoms with Gasteiger partial charge in [0.25, 0.3) is 0 Å². The molecule has 1 amide bonds. The van der Waals surface area contributed by atoms with E-state index in [4.69, 9.17) is 0 Å². The highest BCUT2D eigenvalue weighted by atomic mass is 32.1. The van der Waals surface area contributed by atoms with Crippen molar-refractivity contribution in [2.24, 2.45) is 0 Å². The number of hydrogen-bond acceptors (Lipinski definition) is 4. The van der Waals surface area contributed by atoms with Gasteiger partial charge in [-0.1, -0.05) is 0 Å². The Labute approximate surface area is 106 Å². The van der Waals surface area contributed by atoms with Gasteiger partial charge in [-0.2, -0.15) is 0 Å². The number of hydrogen-bond donors (Lipinski definition) is 2. The molecule has 4 nitrogen and oxygen atoms in total. The van der Waals surface area contributed by atoms with E-state index in [9.17, 15) is 4.79 Å². The summed E-state index contributed by atoms with van der Waals surface area (Å²) in [4.78, 5) is 15.9. The van der Waals surface area contributed by atoms with Crippen molar-refractivity contribution in [1.29, 1.82) is 0 Å². The lowest BCUT2D eigenvalue weighted by molar-refractivity contribution is -0.121. The van der Waals surface area contributed by atoms with Crippen LogP contribution in [-0.4, -0.2) is 23.5 Å². The van der Waals surface area contributed by atoms with Crippen molar-refractivity contribution in [3.05, 3.63) is 16.1 Å². The van der Waals surface area contributed by atoms with Crippen LogP contribution in [-0.2, 0) is 4.79 Å². The van der Waals surface area contributed by atoms with Gasteiger partial charge in [0.05, 0.1) is 10.7 Å². The Morgan fingerprint density at radius 1 is 1.65 bits per heavy atom. The fourth-order valence-corrected chi connectivity index (χ4v) is 2.32. The molecule has 2 N–H and O–H groups in total. The first kappa shape index (κ1) is 12.5. The van der Waals surface area contributed by atoms with E-state index >= 15 is 0 Å². The van der Waals surface area contributed by atoms with Crippen LogP contribution in [0.15, 0.2) is 5.38 Å². The smallest absolute Gasteiger partial charge is 0.221 e. The van der Waals surface area contributed by atoms with Crippen LogP contribution in [0.25, 0.3) is 0 Å². The lowest BCUT2D eigenvalue weighted by atomic mass is 10.2. The summed E-state index contributed by atoms with van der Waals surface area (Å²) in [7, 11) is 0. The molecule has 1 fully saturated rings. The summed E-state index contributed by atoms with van der Waals surface area (Å²) >= 11 is 1.66. The summed E-state index contributed by atoms with van der Waals surface area (Å²) in [5.41, 5.74) is 1.06. The molecule has 0 aromatic carbocycles. The molecule has 1 heterocycles. The molecule has 1 aromatic rings. The van der Waals surface area contributed by atoms with E-state index in [1.807, 2.05) is 6.92 Å². The van der Waals surface area contributed by atoms with Crippen molar-refractivity contribution in [2.75, 3.05) is 6.54 Å². The lowest BCUT2D eigenvalue weighted by Crippen LogP contribution is -2.30. The van der Waals surface area contributed by atoms with Gasteiger partial charge in [0.1, 0.15) is 0 Å². The van der Waals surface area contributed by atoms with Crippen LogP contribution in [0.1, 0.15) is 42.9 Å². The molecular weight excluding hydrogens is 234 g/mol. The second-order valence-electron chi connectivity index (χ2n) is 4.56. The van der Waals surface area contributed by atoms with Gasteiger partial charge in [-0.15, -0.1) is 11.3 Å². The van der Waals surface area contributed by atoms with Gasteiger partial charge in [-0.3, -0.25) is 4.79 Å². The highest BCUT2D eigenvalue weighted by Crippen LogP contribution is 2.18. The first-order chi connectivity index (χ1) is 8.15. The van der Waals surface area contributed by atoms with Crippen molar-refractivity contribution >= 4 is 17.2 Å². The Morgan fingerprint density at radius 3 is 3.00 bits per heavy atom. The minimum atomic E-state index is 0.154. The maximum absolute atomic E-state index is 11.5. The monoisotopic (exact) mass is 253 g/mol. The molecule has 1 atom stereocenters. The van der Waals surface area contributed by atoms with Crippen LogP contribution in [0.2, 0.25) is 0 Å². The first-order valence-electron chi connectivity index (χ1n) is 6.10. The third kappa shape index (κ3) is 4.09. The van der Waals surface area contributed by atoms with Crippen molar-refractivity contribution in [3.63, 3.8) is 0 Å². The number of carbonyl (C=O) groups excluding carboxylic acids is 1. The predicted molar refractivity (Wildman–Crippen MR) is 69.1 cm³/mol. The number of rotatable bonds is 6. The zero-order valence-electron chi connectivity index (χ0n) is 10.3. The van der Waals surface area contributed by atoms with Crippen LogP contribution < -0.4 is 10.6 Å². The molecule has 0 saturated heterocycles. The van der Waals surface area contributed by atoms with E-state index in [-0.39, 0.29) is 11.9 Å². The SMILES string of the molecule is Cc1nc(C(C)NCCC(=O)NC2CC2)cs1. The highest BCUT2D eigenvalue weighted by Gasteiger charge is 2.22. The van der Waals surface area contributed by atoms with Crippen LogP contribution in [0, 0.1) is 6.92 Å². The second kappa shape index (κ2) is 5.60. The molecule has 5 heteroatoms. The van der Waals surface area contributed by atoms with Crippen molar-refractivity contribution in [2.45, 2.75) is 45.2 Å². The third-order valence-corrected chi connectivity index (χ3v) is 3.62. The second-order valence-corrected chi connectivity index (χ2v) is 5.62. The van der Waals surface area contributed by atoms with E-state index in [2.05, 4.69) is 27.9 Å². The summed E-state index contributed by atoms with van der Waals surface area (Å²) in [5, 5.41) is 9.45. The lowest BCUT2D eigenvalue weighted by Gasteiger charge is -2.11. The quantitative estimate of drug-likeness (QED) is 0.812. The molecule has 0 aliphatic heterocycles. The van der Waals surface area contributed by atoms with E-state index in [0.29, 0.717) is 19.0 Å². The molecule has 0 bridgehead atoms. The normalized spacial score (nSPS) is 16.8. The summed E-state index contributed by atoms with van der Waals surface area (Å²) < 4.78 is 0. The Morgan fingerprint density at radius 2 is 2.41 bits per heavy atom. The van der Waals surface area contributed by atoms with E-state index < -0.39 is 0 Å². The third-order valence-electron chi connectivity index (χ3n) is 2.83. The molecule has 17 heavy (non-hydrogen) atoms. The molecular formula is C12H19N3OS. The van der Waals surface area contributed by atoms with Crippen LogP contribution >= 0.6 is 11.3 Å². The van der Waals surface area contributed by atoms with Crippen molar-refractivity contribution in [3.8, 4) is 0 Å². The van der Waals surface area contributed by atoms with Crippen LogP contribution in [0.5, 0.6) is 0 Å². The first-order valence-corrected chi connectivity index (χ1v) is 6.98. The van der Waals surface area contributed by atoms with Gasteiger partial charge in [-0.25, -0.2) is 4.98 Å². The zero-order chi connectivity index (χ0) is 12.3. The predicted octanol–water partition coefficient (Wildman–Crippen LogP) is 1.77. The zero-order valence-corrected chi connectivity index (χ0v) is 11.1. The number of aromatic nitrogens is 1. The van der Waals surface area contributed by atoms with Crippen molar-refractivity contribution in [1.82, 2.24) is 15.6 Å². The Kier molecular flexibility index (Phi) is 4.12. The average Bonchev–Trinajstić information content (AvgIpc) is 2.97. The maximum atomic E-state index is 11.5. The molecule has 1 aliphatic rings. The molecule has 1 aliphatic carbocycles. The largest absolute Gasteiger partial charge is 0.353 e. The minimum Gasteiger partial charge on any atom is -0.353 e. The fourth-order valence-electron chi connectivity index (χ4n) is 1.61. The standard InChI is InChI=1S/C12H19N3OS/c1-8(11-7-17-9(2)14-11)13-6-5-12(16)15-10-3-4-10/h7-8,10,13H,3-6H2,1-2H3,(H,15,16). The summed E-state index contributed by atoms with van der Waals surface area (Å²) in [6.45, 7) is 4.79. The van der Waals surface area contributed by atoms with Gasteiger partial charge in [0.15, 0.2) is 0 Å². The average molecular weight is 253 g/mol. The van der Waals surface area contributed by atoms with Gasteiger partial charge in [0.2, 0.25) is 5.91 Å². The molecule has 2 rings (SSSR count). The van der Waals surface area contributed by atoms with E-state index in [1.165, 1.54) is 0 Å². The van der Waals surface area contributed by atoms with Crippen LogP contribution in [0.3, 0.4) is 0 Å². The van der Waals surface area contributed by atoms with Gasteiger partial charge < -0.3 is 10.6 Å². The summed E-state index contributed by atoms with van der Waals surface area (Å²) in [6, 6.07) is 0.676.